The highest BCUT2D eigenvalue weighted by Gasteiger charge is 2.00. The number of H-pyrrole nitrogens is 1. The highest BCUT2D eigenvalue weighted by Crippen LogP contribution is 2.11. The summed E-state index contributed by atoms with van der Waals surface area (Å²) < 4.78 is 0. The number of aromatic amines is 1. The number of nitrogens with one attached hydrogen (secondary N) is 1. The van der Waals surface area contributed by atoms with Crippen molar-refractivity contribution in [3.8, 4) is 0 Å². The molecule has 0 atom stereocenters. The van der Waals surface area contributed by atoms with E-state index in [0.717, 1.165) is 11.7 Å². The second-order valence-corrected chi connectivity index (χ2v) is 2.15. The molecule has 0 fully saturated rings. The zero-order chi connectivity index (χ0) is 7.68. The van der Waals surface area contributed by atoms with Crippen LogP contribution >= 0.6 is 0 Å². The molecule has 11 heavy (non-hydrogen) atoms. The molecule has 2 aromatic heterocycles. The van der Waals surface area contributed by atoms with Gasteiger partial charge in [-0.15, -0.1) is 0 Å². The summed E-state index contributed by atoms with van der Waals surface area (Å²) in [6.45, 7) is 0. The highest BCUT2D eigenvalue weighted by molar-refractivity contribution is 5.94. The molecular formula is C7H5N3O. The standard InChI is InChI=1S/C7H5N3O/c11-3-5-1-9-7-6(5)2-8-4-10-7/h1-4H,(H,8,9,10). The molecule has 0 aromatic carbocycles. The van der Waals surface area contributed by atoms with E-state index in [1.54, 1.807) is 12.4 Å². The Kier molecular flexibility index (Phi) is 1.18. The number of aldehydes is 1. The van der Waals surface area contributed by atoms with E-state index in [0.29, 0.717) is 11.2 Å². The van der Waals surface area contributed by atoms with Gasteiger partial charge in [0.25, 0.3) is 0 Å². The van der Waals surface area contributed by atoms with E-state index in [4.69, 9.17) is 0 Å². The first-order chi connectivity index (χ1) is 5.42. The Morgan fingerprint density at radius 1 is 1.55 bits per heavy atom. The summed E-state index contributed by atoms with van der Waals surface area (Å²) >= 11 is 0. The monoisotopic (exact) mass is 147 g/mol. The molecule has 1 N–H and O–H groups in total. The minimum absolute atomic E-state index is 0.598. The third kappa shape index (κ3) is 0.797. The van der Waals surface area contributed by atoms with E-state index >= 15 is 0 Å². The molecule has 0 saturated carbocycles. The first kappa shape index (κ1) is 6.03. The summed E-state index contributed by atoms with van der Waals surface area (Å²) in [6.07, 6.45) is 5.45. The van der Waals surface area contributed by atoms with Crippen LogP contribution in [0.1, 0.15) is 10.4 Å². The number of rotatable bonds is 1. The second kappa shape index (κ2) is 2.16. The van der Waals surface area contributed by atoms with Gasteiger partial charge in [-0.1, -0.05) is 0 Å². The van der Waals surface area contributed by atoms with E-state index in [9.17, 15) is 4.79 Å². The number of nitrogens with zero attached hydrogens (tertiary/aromatic N) is 2. The van der Waals surface area contributed by atoms with Crippen molar-refractivity contribution in [2.45, 2.75) is 0 Å². The van der Waals surface area contributed by atoms with Crippen LogP contribution in [-0.2, 0) is 0 Å². The molecule has 0 amide bonds. The lowest BCUT2D eigenvalue weighted by atomic mass is 10.3. The average molecular weight is 147 g/mol. The number of fused-ring (bicyclic) bond motifs is 1. The molecule has 4 heteroatoms. The van der Waals surface area contributed by atoms with Gasteiger partial charge in [0.05, 0.1) is 0 Å². The van der Waals surface area contributed by atoms with E-state index in [-0.39, 0.29) is 0 Å². The van der Waals surface area contributed by atoms with Gasteiger partial charge in [-0.25, -0.2) is 9.97 Å². The minimum Gasteiger partial charge on any atom is -0.345 e. The maximum atomic E-state index is 10.4. The van der Waals surface area contributed by atoms with Crippen LogP contribution in [0.4, 0.5) is 0 Å². The zero-order valence-electron chi connectivity index (χ0n) is 5.61. The van der Waals surface area contributed by atoms with E-state index < -0.39 is 0 Å². The van der Waals surface area contributed by atoms with Crippen molar-refractivity contribution >= 4 is 17.3 Å². The van der Waals surface area contributed by atoms with Gasteiger partial charge < -0.3 is 4.98 Å². The largest absolute Gasteiger partial charge is 0.345 e. The maximum absolute atomic E-state index is 10.4. The molecule has 4 nitrogen and oxygen atoms in total. The number of carbonyl (C=O) groups is 1. The molecule has 2 aromatic rings. The Balaban J connectivity index is 2.86. The lowest BCUT2D eigenvalue weighted by molar-refractivity contribution is 0.112. The molecule has 2 heterocycles. The van der Waals surface area contributed by atoms with Crippen LogP contribution in [-0.4, -0.2) is 21.2 Å². The van der Waals surface area contributed by atoms with Gasteiger partial charge in [0.1, 0.15) is 12.0 Å². The van der Waals surface area contributed by atoms with Crippen molar-refractivity contribution in [2.75, 3.05) is 0 Å². The van der Waals surface area contributed by atoms with Gasteiger partial charge in [-0.2, -0.15) is 0 Å². The second-order valence-electron chi connectivity index (χ2n) is 2.15. The van der Waals surface area contributed by atoms with Crippen LogP contribution in [0.3, 0.4) is 0 Å². The quantitative estimate of drug-likeness (QED) is 0.606. The van der Waals surface area contributed by atoms with Crippen molar-refractivity contribution in [1.29, 1.82) is 0 Å². The molecule has 0 spiro atoms. The molecule has 0 aliphatic rings. The van der Waals surface area contributed by atoms with Crippen LogP contribution < -0.4 is 0 Å². The molecule has 54 valence electrons. The smallest absolute Gasteiger partial charge is 0.152 e. The summed E-state index contributed by atoms with van der Waals surface area (Å²) in [5.41, 5.74) is 1.29. The molecule has 0 saturated heterocycles. The predicted octanol–water partition coefficient (Wildman–Crippen LogP) is 0.770. The highest BCUT2D eigenvalue weighted by atomic mass is 16.1. The van der Waals surface area contributed by atoms with Crippen molar-refractivity contribution < 1.29 is 4.79 Å². The van der Waals surface area contributed by atoms with Gasteiger partial charge in [0.15, 0.2) is 6.29 Å². The molecule has 0 radical (unpaired) electrons. The van der Waals surface area contributed by atoms with Crippen molar-refractivity contribution in [3.05, 3.63) is 24.3 Å². The minimum atomic E-state index is 0.598. The number of aromatic nitrogens is 3. The molecule has 0 unspecified atom stereocenters. The summed E-state index contributed by atoms with van der Waals surface area (Å²) in [4.78, 5) is 21.0. The topological polar surface area (TPSA) is 58.6 Å². The third-order valence-corrected chi connectivity index (χ3v) is 1.51. The summed E-state index contributed by atoms with van der Waals surface area (Å²) in [5, 5.41) is 0.766. The summed E-state index contributed by atoms with van der Waals surface area (Å²) in [6, 6.07) is 0. The first-order valence-electron chi connectivity index (χ1n) is 3.14. The van der Waals surface area contributed by atoms with Crippen molar-refractivity contribution in [2.24, 2.45) is 0 Å². The van der Waals surface area contributed by atoms with Crippen LogP contribution in [0.2, 0.25) is 0 Å². The first-order valence-corrected chi connectivity index (χ1v) is 3.14. The zero-order valence-corrected chi connectivity index (χ0v) is 5.61. The fraction of sp³-hybridized carbons (Fsp3) is 0. The van der Waals surface area contributed by atoms with Gasteiger partial charge >= 0.3 is 0 Å². The van der Waals surface area contributed by atoms with Crippen LogP contribution in [0.25, 0.3) is 11.0 Å². The fourth-order valence-electron chi connectivity index (χ4n) is 0.977. The Morgan fingerprint density at radius 2 is 2.45 bits per heavy atom. The predicted molar refractivity (Wildman–Crippen MR) is 39.3 cm³/mol. The van der Waals surface area contributed by atoms with Gasteiger partial charge in [0, 0.05) is 23.3 Å². The van der Waals surface area contributed by atoms with Gasteiger partial charge in [-0.05, 0) is 0 Å². The molecule has 0 aliphatic heterocycles. The molecule has 0 aliphatic carbocycles. The van der Waals surface area contributed by atoms with Crippen LogP contribution in [0.15, 0.2) is 18.7 Å². The lowest BCUT2D eigenvalue weighted by Gasteiger charge is -1.84. The van der Waals surface area contributed by atoms with E-state index in [1.165, 1.54) is 6.33 Å². The molecule has 0 bridgehead atoms. The Bertz CT molecular complexity index is 393. The number of hydrogen-bond acceptors (Lipinski definition) is 3. The Hall–Kier alpha value is -1.71. The average Bonchev–Trinajstić information content (AvgIpc) is 2.47. The van der Waals surface area contributed by atoms with Gasteiger partial charge in [-0.3, -0.25) is 4.79 Å². The lowest BCUT2D eigenvalue weighted by Crippen LogP contribution is -1.79. The van der Waals surface area contributed by atoms with Crippen molar-refractivity contribution in [3.63, 3.8) is 0 Å². The van der Waals surface area contributed by atoms with Crippen LogP contribution in [0, 0.1) is 0 Å². The van der Waals surface area contributed by atoms with Gasteiger partial charge in [0.2, 0.25) is 0 Å². The normalized spacial score (nSPS) is 10.2. The molecule has 2 rings (SSSR count). The van der Waals surface area contributed by atoms with E-state index in [2.05, 4.69) is 15.0 Å². The van der Waals surface area contributed by atoms with Crippen molar-refractivity contribution in [1.82, 2.24) is 15.0 Å². The van der Waals surface area contributed by atoms with Crippen LogP contribution in [0.5, 0.6) is 0 Å². The molecular weight excluding hydrogens is 142 g/mol. The fourth-order valence-corrected chi connectivity index (χ4v) is 0.977. The summed E-state index contributed by atoms with van der Waals surface area (Å²) in [5.74, 6) is 0. The Morgan fingerprint density at radius 3 is 3.27 bits per heavy atom. The number of carbonyl (C=O) groups excluding carboxylic acids is 1. The SMILES string of the molecule is O=Cc1c[nH]c2ncncc12. The Labute approximate surface area is 62.3 Å². The number of hydrogen-bond donors (Lipinski definition) is 1. The summed E-state index contributed by atoms with van der Waals surface area (Å²) in [7, 11) is 0. The maximum Gasteiger partial charge on any atom is 0.152 e. The van der Waals surface area contributed by atoms with E-state index in [1.807, 2.05) is 0 Å². The third-order valence-electron chi connectivity index (χ3n) is 1.51.